The molecule has 1 aromatic heterocycles. The van der Waals surface area contributed by atoms with E-state index in [0.29, 0.717) is 18.7 Å². The summed E-state index contributed by atoms with van der Waals surface area (Å²) in [6.45, 7) is 7.55. The topological polar surface area (TPSA) is 57.0 Å². The second-order valence-electron chi connectivity index (χ2n) is 7.20. The molecule has 0 N–H and O–H groups in total. The number of carbonyl (C=O) groups is 1. The highest BCUT2D eigenvalue weighted by Gasteiger charge is 2.28. The first-order valence-electron chi connectivity index (χ1n) is 8.33. The van der Waals surface area contributed by atoms with Crippen molar-refractivity contribution in [3.63, 3.8) is 0 Å². The predicted molar refractivity (Wildman–Crippen MR) is 100 cm³/mol. The van der Waals surface area contributed by atoms with Crippen LogP contribution in [0.2, 0.25) is 0 Å². The van der Waals surface area contributed by atoms with E-state index in [4.69, 9.17) is 5.26 Å². The molecule has 2 aromatic rings. The van der Waals surface area contributed by atoms with Gasteiger partial charge < -0.3 is 4.90 Å². The molecule has 25 heavy (non-hydrogen) atoms. The van der Waals surface area contributed by atoms with E-state index in [1.807, 2.05) is 29.2 Å². The van der Waals surface area contributed by atoms with Gasteiger partial charge in [-0.15, -0.1) is 11.3 Å². The van der Waals surface area contributed by atoms with E-state index in [0.717, 1.165) is 22.6 Å². The van der Waals surface area contributed by atoms with Crippen LogP contribution in [0, 0.1) is 11.3 Å². The van der Waals surface area contributed by atoms with E-state index in [2.05, 4.69) is 37.9 Å². The molecule has 1 aromatic carbocycles. The quantitative estimate of drug-likeness (QED) is 0.813. The number of carbonyl (C=O) groups excluding carboxylic acids is 1. The first-order valence-corrected chi connectivity index (χ1v) is 9.21. The average molecular weight is 351 g/mol. The molecule has 0 aliphatic carbocycles. The van der Waals surface area contributed by atoms with Gasteiger partial charge in [0.2, 0.25) is 0 Å². The van der Waals surface area contributed by atoms with Gasteiger partial charge in [-0.2, -0.15) is 5.26 Å². The fraction of sp³-hybridized carbons (Fsp3) is 0.350. The summed E-state index contributed by atoms with van der Waals surface area (Å²) in [6, 6.07) is 9.75. The van der Waals surface area contributed by atoms with Crippen molar-refractivity contribution in [3.05, 3.63) is 57.6 Å². The van der Waals surface area contributed by atoms with Gasteiger partial charge in [-0.3, -0.25) is 4.79 Å². The molecule has 0 atom stereocenters. The highest BCUT2D eigenvalue weighted by atomic mass is 32.1. The lowest BCUT2D eigenvalue weighted by Crippen LogP contribution is -2.35. The molecule has 1 amide bonds. The van der Waals surface area contributed by atoms with Crippen LogP contribution in [0.1, 0.15) is 53.7 Å². The van der Waals surface area contributed by atoms with Gasteiger partial charge in [0.05, 0.1) is 22.8 Å². The first kappa shape index (κ1) is 17.4. The zero-order valence-electron chi connectivity index (χ0n) is 14.7. The third-order valence-corrected chi connectivity index (χ3v) is 5.17. The number of rotatable bonds is 2. The molecule has 0 unspecified atom stereocenters. The van der Waals surface area contributed by atoms with Gasteiger partial charge in [0, 0.05) is 18.5 Å². The third kappa shape index (κ3) is 3.64. The maximum absolute atomic E-state index is 12.9. The standard InChI is InChI=1S/C20H21N3OS/c1-20(2,3)18-17(25-13-22-18)19(24)23-10-8-16(9-11-23)15-6-4-14(12-21)5-7-15/h4-8,13H,9-11H2,1-3H3. The molecule has 128 valence electrons. The minimum absolute atomic E-state index is 0.0718. The summed E-state index contributed by atoms with van der Waals surface area (Å²) < 4.78 is 0. The van der Waals surface area contributed by atoms with E-state index in [1.165, 1.54) is 16.9 Å². The van der Waals surface area contributed by atoms with Crippen LogP contribution in [0.3, 0.4) is 0 Å². The predicted octanol–water partition coefficient (Wildman–Crippen LogP) is 4.24. The molecule has 0 bridgehead atoms. The Bertz CT molecular complexity index is 850. The van der Waals surface area contributed by atoms with E-state index in [-0.39, 0.29) is 11.3 Å². The Morgan fingerprint density at radius 3 is 2.56 bits per heavy atom. The van der Waals surface area contributed by atoms with Crippen molar-refractivity contribution < 1.29 is 4.79 Å². The summed E-state index contributed by atoms with van der Waals surface area (Å²) in [4.78, 5) is 19.9. The third-order valence-electron chi connectivity index (χ3n) is 4.35. The number of thiazole rings is 1. The van der Waals surface area contributed by atoms with Gasteiger partial charge in [0.25, 0.3) is 5.91 Å². The van der Waals surface area contributed by atoms with Crippen molar-refractivity contribution in [1.82, 2.24) is 9.88 Å². The maximum atomic E-state index is 12.9. The number of aromatic nitrogens is 1. The second-order valence-corrected chi connectivity index (χ2v) is 8.05. The minimum atomic E-state index is -0.135. The lowest BCUT2D eigenvalue weighted by atomic mass is 9.91. The van der Waals surface area contributed by atoms with E-state index >= 15 is 0 Å². The van der Waals surface area contributed by atoms with Crippen molar-refractivity contribution in [1.29, 1.82) is 5.26 Å². The van der Waals surface area contributed by atoms with Crippen LogP contribution in [0.4, 0.5) is 0 Å². The van der Waals surface area contributed by atoms with Crippen molar-refractivity contribution in [3.8, 4) is 6.07 Å². The van der Waals surface area contributed by atoms with Crippen molar-refractivity contribution in [2.24, 2.45) is 0 Å². The molecule has 3 rings (SSSR count). The van der Waals surface area contributed by atoms with Gasteiger partial charge in [-0.05, 0) is 29.7 Å². The summed E-state index contributed by atoms with van der Waals surface area (Å²) in [6.07, 6.45) is 2.93. The van der Waals surface area contributed by atoms with Crippen LogP contribution in [0.25, 0.3) is 5.57 Å². The number of hydrogen-bond acceptors (Lipinski definition) is 4. The number of amides is 1. The minimum Gasteiger partial charge on any atom is -0.334 e. The fourth-order valence-electron chi connectivity index (χ4n) is 2.95. The van der Waals surface area contributed by atoms with E-state index in [1.54, 1.807) is 5.51 Å². The zero-order valence-corrected chi connectivity index (χ0v) is 15.6. The lowest BCUT2D eigenvalue weighted by molar-refractivity contribution is 0.0775. The first-order chi connectivity index (χ1) is 11.9. The lowest BCUT2D eigenvalue weighted by Gasteiger charge is -2.27. The van der Waals surface area contributed by atoms with Crippen molar-refractivity contribution in [2.75, 3.05) is 13.1 Å². The highest BCUT2D eigenvalue weighted by molar-refractivity contribution is 7.11. The largest absolute Gasteiger partial charge is 0.334 e. The molecule has 4 nitrogen and oxygen atoms in total. The molecule has 0 saturated heterocycles. The molecule has 2 heterocycles. The monoisotopic (exact) mass is 351 g/mol. The summed E-state index contributed by atoms with van der Waals surface area (Å²) in [5.41, 5.74) is 5.52. The van der Waals surface area contributed by atoms with Gasteiger partial charge >= 0.3 is 0 Å². The molecular formula is C20H21N3OS. The van der Waals surface area contributed by atoms with Crippen molar-refractivity contribution in [2.45, 2.75) is 32.6 Å². The Labute approximate surface area is 152 Å². The molecule has 1 aliphatic rings. The van der Waals surface area contributed by atoms with Crippen LogP contribution in [0.15, 0.2) is 35.9 Å². The van der Waals surface area contributed by atoms with E-state index in [9.17, 15) is 4.79 Å². The summed E-state index contributed by atoms with van der Waals surface area (Å²) in [5.74, 6) is 0.0718. The molecular weight excluding hydrogens is 330 g/mol. The Morgan fingerprint density at radius 2 is 2.00 bits per heavy atom. The fourth-order valence-corrected chi connectivity index (χ4v) is 3.91. The summed E-state index contributed by atoms with van der Waals surface area (Å²) >= 11 is 1.43. The Hall–Kier alpha value is -2.45. The average Bonchev–Trinajstić information content (AvgIpc) is 3.11. The van der Waals surface area contributed by atoms with Crippen LogP contribution < -0.4 is 0 Å². The van der Waals surface area contributed by atoms with Crippen LogP contribution >= 0.6 is 11.3 Å². The van der Waals surface area contributed by atoms with Crippen LogP contribution in [-0.4, -0.2) is 28.9 Å². The Morgan fingerprint density at radius 1 is 1.28 bits per heavy atom. The van der Waals surface area contributed by atoms with Gasteiger partial charge in [0.15, 0.2) is 0 Å². The molecule has 0 spiro atoms. The summed E-state index contributed by atoms with van der Waals surface area (Å²) in [7, 11) is 0. The molecule has 0 radical (unpaired) electrons. The normalized spacial score (nSPS) is 14.8. The van der Waals surface area contributed by atoms with Gasteiger partial charge in [-0.1, -0.05) is 39.0 Å². The Balaban J connectivity index is 1.75. The van der Waals surface area contributed by atoms with Crippen molar-refractivity contribution >= 4 is 22.8 Å². The molecule has 1 aliphatic heterocycles. The second kappa shape index (κ2) is 6.81. The number of benzene rings is 1. The van der Waals surface area contributed by atoms with Crippen LogP contribution in [-0.2, 0) is 5.41 Å². The molecule has 5 heteroatoms. The zero-order chi connectivity index (χ0) is 18.0. The van der Waals surface area contributed by atoms with Crippen LogP contribution in [0.5, 0.6) is 0 Å². The maximum Gasteiger partial charge on any atom is 0.266 e. The highest BCUT2D eigenvalue weighted by Crippen LogP contribution is 2.30. The number of nitriles is 1. The van der Waals surface area contributed by atoms with Gasteiger partial charge in [-0.25, -0.2) is 4.98 Å². The number of hydrogen-bond donors (Lipinski definition) is 0. The van der Waals surface area contributed by atoms with E-state index < -0.39 is 0 Å². The molecule has 0 saturated carbocycles. The van der Waals surface area contributed by atoms with Gasteiger partial charge in [0.1, 0.15) is 4.88 Å². The number of nitrogens with zero attached hydrogens (tertiary/aromatic N) is 3. The molecule has 0 fully saturated rings. The SMILES string of the molecule is CC(C)(C)c1ncsc1C(=O)N1CC=C(c2ccc(C#N)cc2)CC1. The smallest absolute Gasteiger partial charge is 0.266 e. The summed E-state index contributed by atoms with van der Waals surface area (Å²) in [5, 5.41) is 8.89. The Kier molecular flexibility index (Phi) is 4.73.